The maximum absolute atomic E-state index is 12.0. The van der Waals surface area contributed by atoms with Crippen LogP contribution in [0.2, 0.25) is 0 Å². The number of nitrogens with zero attached hydrogens (tertiary/aromatic N) is 5. The first-order valence-electron chi connectivity index (χ1n) is 7.38. The third-order valence-electron chi connectivity index (χ3n) is 3.45. The van der Waals surface area contributed by atoms with Gasteiger partial charge >= 0.3 is 0 Å². The van der Waals surface area contributed by atoms with Crippen LogP contribution in [0.25, 0.3) is 16.7 Å². The summed E-state index contributed by atoms with van der Waals surface area (Å²) in [4.78, 5) is 20.3. The zero-order valence-corrected chi connectivity index (χ0v) is 13.4. The molecule has 0 aliphatic rings. The van der Waals surface area contributed by atoms with Crippen molar-refractivity contribution in [3.63, 3.8) is 0 Å². The number of para-hydroxylation sites is 1. The Bertz CT molecular complexity index is 997. The Morgan fingerprint density at radius 2 is 2.08 bits per heavy atom. The van der Waals surface area contributed by atoms with Crippen molar-refractivity contribution in [2.24, 2.45) is 5.73 Å². The molecular formula is C17H14N6O2. The lowest BCUT2D eigenvalue weighted by Crippen LogP contribution is -2.16. The third-order valence-corrected chi connectivity index (χ3v) is 3.45. The number of carbonyl (C=O) groups is 1. The molecule has 0 amide bonds. The predicted molar refractivity (Wildman–Crippen MR) is 89.7 cm³/mol. The van der Waals surface area contributed by atoms with Crippen molar-refractivity contribution in [3.8, 4) is 17.6 Å². The molecule has 1 aromatic carbocycles. The summed E-state index contributed by atoms with van der Waals surface area (Å²) < 4.78 is 7.12. The summed E-state index contributed by atoms with van der Waals surface area (Å²) in [7, 11) is 0. The van der Waals surface area contributed by atoms with Gasteiger partial charge in [0.15, 0.2) is 12.3 Å². The summed E-state index contributed by atoms with van der Waals surface area (Å²) >= 11 is 0. The number of nitrogens with two attached hydrogens (primary N) is 1. The Labute approximate surface area is 143 Å². The number of fused-ring (bicyclic) bond motifs is 1. The van der Waals surface area contributed by atoms with Crippen LogP contribution in [-0.2, 0) is 4.79 Å². The average molecular weight is 334 g/mol. The van der Waals surface area contributed by atoms with Crippen molar-refractivity contribution in [2.45, 2.75) is 6.92 Å². The number of carbonyl (C=O) groups excluding carboxylic acids is 1. The molecule has 0 atom stereocenters. The number of benzene rings is 1. The summed E-state index contributed by atoms with van der Waals surface area (Å²) in [5.74, 6) is -0.294. The van der Waals surface area contributed by atoms with Gasteiger partial charge in [-0.3, -0.25) is 4.79 Å². The Balaban J connectivity index is 1.89. The molecule has 0 unspecified atom stereocenters. The molecule has 0 aliphatic heterocycles. The van der Waals surface area contributed by atoms with E-state index in [4.69, 9.17) is 15.7 Å². The predicted octanol–water partition coefficient (Wildman–Crippen LogP) is 1.52. The van der Waals surface area contributed by atoms with Crippen molar-refractivity contribution >= 4 is 16.8 Å². The molecular weight excluding hydrogens is 320 g/mol. The highest BCUT2D eigenvalue weighted by Gasteiger charge is 2.16. The molecule has 3 aromatic rings. The van der Waals surface area contributed by atoms with Gasteiger partial charge in [-0.25, -0.2) is 14.6 Å². The van der Waals surface area contributed by atoms with Gasteiger partial charge in [0.25, 0.3) is 0 Å². The molecule has 124 valence electrons. The van der Waals surface area contributed by atoms with Crippen molar-refractivity contribution in [2.75, 3.05) is 6.61 Å². The second-order valence-corrected chi connectivity index (χ2v) is 5.19. The third kappa shape index (κ3) is 3.16. The number of Topliss-reactive ketones (excluding diaryl/α,β-unsaturated/α-hetero) is 1. The van der Waals surface area contributed by atoms with E-state index in [1.165, 1.54) is 13.3 Å². The van der Waals surface area contributed by atoms with Crippen LogP contribution in [0, 0.1) is 11.3 Å². The van der Waals surface area contributed by atoms with Crippen LogP contribution in [0.15, 0.2) is 54.1 Å². The Kier molecular flexibility index (Phi) is 4.39. The Hall–Kier alpha value is -3.73. The van der Waals surface area contributed by atoms with E-state index < -0.39 is 5.78 Å². The summed E-state index contributed by atoms with van der Waals surface area (Å²) in [6.07, 6.45) is 2.90. The molecule has 0 bridgehead atoms. The summed E-state index contributed by atoms with van der Waals surface area (Å²) in [5, 5.41) is 13.8. The number of nitriles is 1. The van der Waals surface area contributed by atoms with Gasteiger partial charge in [-0.15, -0.1) is 0 Å². The smallest absolute Gasteiger partial charge is 0.228 e. The molecule has 0 fully saturated rings. The highest BCUT2D eigenvalue weighted by Crippen LogP contribution is 2.23. The second kappa shape index (κ2) is 6.80. The topological polar surface area (TPSA) is 120 Å². The molecule has 0 saturated heterocycles. The normalized spacial score (nSPS) is 11.7. The zero-order chi connectivity index (χ0) is 17.8. The van der Waals surface area contributed by atoms with Gasteiger partial charge in [-0.1, -0.05) is 18.2 Å². The number of hydrogen-bond donors (Lipinski definition) is 1. The first-order valence-corrected chi connectivity index (χ1v) is 7.38. The quantitative estimate of drug-likeness (QED) is 0.555. The lowest BCUT2D eigenvalue weighted by molar-refractivity contribution is -0.117. The molecule has 3 rings (SSSR count). The fraction of sp³-hybridized carbons (Fsp3) is 0.118. The lowest BCUT2D eigenvalue weighted by Gasteiger charge is -2.06. The first kappa shape index (κ1) is 16.1. The van der Waals surface area contributed by atoms with Crippen LogP contribution in [0.1, 0.15) is 6.92 Å². The van der Waals surface area contributed by atoms with E-state index in [1.54, 1.807) is 16.9 Å². The van der Waals surface area contributed by atoms with Gasteiger partial charge in [0.05, 0.1) is 11.9 Å². The molecule has 0 aliphatic carbocycles. The average Bonchev–Trinajstić information content (AvgIpc) is 3.05. The van der Waals surface area contributed by atoms with Gasteiger partial charge in [0, 0.05) is 5.70 Å². The van der Waals surface area contributed by atoms with E-state index >= 15 is 0 Å². The SMILES string of the molecule is C/C(N)=C(\C#N)C(=O)COc1ncnc2c1cnn2-c1ccccc1. The fourth-order valence-corrected chi connectivity index (χ4v) is 2.27. The van der Waals surface area contributed by atoms with Crippen molar-refractivity contribution in [1.82, 2.24) is 19.7 Å². The summed E-state index contributed by atoms with van der Waals surface area (Å²) in [5.41, 5.74) is 6.94. The molecule has 2 N–H and O–H groups in total. The minimum Gasteiger partial charge on any atom is -0.469 e. The molecule has 2 heterocycles. The van der Waals surface area contributed by atoms with E-state index in [1.807, 2.05) is 30.3 Å². The number of allylic oxidation sites excluding steroid dienone is 1. The molecule has 25 heavy (non-hydrogen) atoms. The zero-order valence-electron chi connectivity index (χ0n) is 13.4. The minimum absolute atomic E-state index is 0.120. The van der Waals surface area contributed by atoms with Crippen LogP contribution in [0.5, 0.6) is 5.88 Å². The van der Waals surface area contributed by atoms with Gasteiger partial charge < -0.3 is 10.5 Å². The lowest BCUT2D eigenvalue weighted by atomic mass is 10.1. The first-order chi connectivity index (χ1) is 12.1. The maximum Gasteiger partial charge on any atom is 0.228 e. The van der Waals surface area contributed by atoms with E-state index in [2.05, 4.69) is 15.1 Å². The highest BCUT2D eigenvalue weighted by molar-refractivity contribution is 6.00. The molecule has 2 aromatic heterocycles. The van der Waals surface area contributed by atoms with E-state index in [9.17, 15) is 4.79 Å². The van der Waals surface area contributed by atoms with Gasteiger partial charge in [0.2, 0.25) is 11.7 Å². The maximum atomic E-state index is 12.0. The standard InChI is InChI=1S/C17H14N6O2/c1-11(19)13(7-18)15(24)9-25-17-14-8-22-23(16(14)20-10-21-17)12-5-3-2-4-6-12/h2-6,8,10H,9,19H2,1H3/b13-11-. The second-order valence-electron chi connectivity index (χ2n) is 5.19. The highest BCUT2D eigenvalue weighted by atomic mass is 16.5. The van der Waals surface area contributed by atoms with Gasteiger partial charge in [-0.2, -0.15) is 10.4 Å². The van der Waals surface area contributed by atoms with Crippen LogP contribution in [0.3, 0.4) is 0 Å². The van der Waals surface area contributed by atoms with E-state index in [-0.39, 0.29) is 23.8 Å². The number of aromatic nitrogens is 4. The number of rotatable bonds is 5. The Morgan fingerprint density at radius 3 is 2.76 bits per heavy atom. The number of ether oxygens (including phenoxy) is 1. The fourth-order valence-electron chi connectivity index (χ4n) is 2.27. The van der Waals surface area contributed by atoms with E-state index in [0.717, 1.165) is 5.69 Å². The van der Waals surface area contributed by atoms with Gasteiger partial charge in [0.1, 0.15) is 23.4 Å². The van der Waals surface area contributed by atoms with Crippen molar-refractivity contribution in [1.29, 1.82) is 5.26 Å². The van der Waals surface area contributed by atoms with Crippen LogP contribution in [-0.4, -0.2) is 32.1 Å². The van der Waals surface area contributed by atoms with Crippen molar-refractivity contribution < 1.29 is 9.53 Å². The molecule has 0 saturated carbocycles. The molecule has 8 nitrogen and oxygen atoms in total. The summed E-state index contributed by atoms with van der Waals surface area (Å²) in [6.45, 7) is 1.14. The monoisotopic (exact) mass is 334 g/mol. The van der Waals surface area contributed by atoms with Gasteiger partial charge in [-0.05, 0) is 19.1 Å². The van der Waals surface area contributed by atoms with Crippen LogP contribution < -0.4 is 10.5 Å². The summed E-state index contributed by atoms with van der Waals surface area (Å²) in [6, 6.07) is 11.3. The number of hydrogen-bond acceptors (Lipinski definition) is 7. The largest absolute Gasteiger partial charge is 0.469 e. The number of ketones is 1. The molecule has 0 spiro atoms. The Morgan fingerprint density at radius 1 is 1.32 bits per heavy atom. The van der Waals surface area contributed by atoms with E-state index in [0.29, 0.717) is 11.0 Å². The molecule has 0 radical (unpaired) electrons. The van der Waals surface area contributed by atoms with Crippen molar-refractivity contribution in [3.05, 3.63) is 54.1 Å². The molecule has 8 heteroatoms. The van der Waals surface area contributed by atoms with Crippen LogP contribution in [0.4, 0.5) is 0 Å². The van der Waals surface area contributed by atoms with Crippen LogP contribution >= 0.6 is 0 Å². The minimum atomic E-state index is -0.510.